The zero-order chi connectivity index (χ0) is 10.8. The van der Waals surface area contributed by atoms with Gasteiger partial charge < -0.3 is 4.57 Å². The number of rotatable bonds is 3. The van der Waals surface area contributed by atoms with Gasteiger partial charge in [-0.15, -0.1) is 0 Å². The van der Waals surface area contributed by atoms with E-state index in [2.05, 4.69) is 0 Å². The van der Waals surface area contributed by atoms with Gasteiger partial charge in [-0.3, -0.25) is 4.79 Å². The van der Waals surface area contributed by atoms with E-state index in [9.17, 15) is 9.36 Å². The molecule has 3 heteroatoms. The largest absolute Gasteiger partial charge is 0.319 e. The Morgan fingerprint density at radius 2 is 1.86 bits per heavy atom. The molecule has 0 N–H and O–H groups in total. The maximum absolute atomic E-state index is 11.9. The Morgan fingerprint density at radius 1 is 1.29 bits per heavy atom. The number of Topliss-reactive ketones (excluding diaryl/α,β-unsaturated/α-hetero) is 1. The van der Waals surface area contributed by atoms with Gasteiger partial charge in [-0.2, -0.15) is 0 Å². The van der Waals surface area contributed by atoms with Gasteiger partial charge in [-0.25, -0.2) is 0 Å². The van der Waals surface area contributed by atoms with E-state index in [1.807, 2.05) is 24.3 Å². The molecule has 76 valence electrons. The van der Waals surface area contributed by atoms with Crippen molar-refractivity contribution < 1.29 is 9.36 Å². The van der Waals surface area contributed by atoms with Gasteiger partial charge in [0.2, 0.25) is 0 Å². The Bertz CT molecular complexity index is 390. The number of ketones is 1. The van der Waals surface area contributed by atoms with Crippen LogP contribution in [0.2, 0.25) is 0 Å². The van der Waals surface area contributed by atoms with Crippen LogP contribution in [-0.2, 0) is 15.8 Å². The van der Waals surface area contributed by atoms with Crippen LogP contribution in [0, 0.1) is 0 Å². The molecule has 0 saturated heterocycles. The van der Waals surface area contributed by atoms with Crippen molar-refractivity contribution >= 4 is 18.2 Å². The van der Waals surface area contributed by atoms with Crippen LogP contribution in [0.4, 0.5) is 0 Å². The van der Waals surface area contributed by atoms with Gasteiger partial charge in [0.15, 0.2) is 0 Å². The van der Waals surface area contributed by atoms with Crippen LogP contribution in [-0.4, -0.2) is 19.1 Å². The zero-order valence-corrected chi connectivity index (χ0v) is 9.67. The Hall–Kier alpha value is -0.880. The van der Waals surface area contributed by atoms with Crippen LogP contribution in [0.25, 0.3) is 0 Å². The van der Waals surface area contributed by atoms with E-state index in [0.717, 1.165) is 10.9 Å². The first-order chi connectivity index (χ1) is 6.41. The van der Waals surface area contributed by atoms with E-state index in [-0.39, 0.29) is 5.78 Å². The van der Waals surface area contributed by atoms with Crippen molar-refractivity contribution in [2.45, 2.75) is 13.3 Å². The van der Waals surface area contributed by atoms with Crippen LogP contribution in [0.5, 0.6) is 0 Å². The Kier molecular flexibility index (Phi) is 3.28. The van der Waals surface area contributed by atoms with E-state index in [1.54, 1.807) is 20.3 Å². The quantitative estimate of drug-likeness (QED) is 0.715. The second-order valence-electron chi connectivity index (χ2n) is 3.86. The van der Waals surface area contributed by atoms with Gasteiger partial charge in [0, 0.05) is 11.7 Å². The zero-order valence-electron chi connectivity index (χ0n) is 8.78. The lowest BCUT2D eigenvalue weighted by Gasteiger charge is -2.11. The fourth-order valence-corrected chi connectivity index (χ4v) is 2.74. The van der Waals surface area contributed by atoms with E-state index in [1.165, 1.54) is 0 Å². The predicted octanol–water partition coefficient (Wildman–Crippen LogP) is 2.07. The average Bonchev–Trinajstić information content (AvgIpc) is 2.01. The van der Waals surface area contributed by atoms with Gasteiger partial charge in [-0.05, 0) is 25.8 Å². The summed E-state index contributed by atoms with van der Waals surface area (Å²) in [5.41, 5.74) is 0.897. The van der Waals surface area contributed by atoms with Gasteiger partial charge in [0.1, 0.15) is 12.9 Å². The second kappa shape index (κ2) is 4.10. The molecule has 0 bridgehead atoms. The van der Waals surface area contributed by atoms with Crippen LogP contribution >= 0.6 is 7.14 Å². The lowest BCUT2D eigenvalue weighted by atomic mass is 10.1. The third-order valence-electron chi connectivity index (χ3n) is 2.01. The molecule has 2 nitrogen and oxygen atoms in total. The molecule has 1 rings (SSSR count). The monoisotopic (exact) mass is 210 g/mol. The molecule has 0 heterocycles. The Balaban J connectivity index is 3.16. The molecule has 0 radical (unpaired) electrons. The van der Waals surface area contributed by atoms with Crippen molar-refractivity contribution in [3.63, 3.8) is 0 Å². The van der Waals surface area contributed by atoms with Gasteiger partial charge >= 0.3 is 0 Å². The minimum absolute atomic E-state index is 0.103. The van der Waals surface area contributed by atoms with Crippen molar-refractivity contribution in [3.8, 4) is 0 Å². The summed E-state index contributed by atoms with van der Waals surface area (Å²) >= 11 is 0. The maximum Gasteiger partial charge on any atom is 0.134 e. The summed E-state index contributed by atoms with van der Waals surface area (Å²) in [6, 6.07) is 7.45. The molecule has 14 heavy (non-hydrogen) atoms. The van der Waals surface area contributed by atoms with Crippen molar-refractivity contribution in [1.82, 2.24) is 0 Å². The number of hydrogen-bond donors (Lipinski definition) is 0. The van der Waals surface area contributed by atoms with Gasteiger partial charge in [-0.1, -0.05) is 24.3 Å². The third kappa shape index (κ3) is 2.81. The molecule has 0 aliphatic heterocycles. The summed E-state index contributed by atoms with van der Waals surface area (Å²) in [5.74, 6) is 0.103. The highest BCUT2D eigenvalue weighted by molar-refractivity contribution is 7.70. The Morgan fingerprint density at radius 3 is 2.36 bits per heavy atom. The first kappa shape index (κ1) is 11.2. The van der Waals surface area contributed by atoms with Crippen LogP contribution < -0.4 is 5.30 Å². The molecular weight excluding hydrogens is 195 g/mol. The normalized spacial score (nSPS) is 11.4. The number of hydrogen-bond acceptors (Lipinski definition) is 2. The highest BCUT2D eigenvalue weighted by atomic mass is 31.2. The summed E-state index contributed by atoms with van der Waals surface area (Å²) in [7, 11) is -2.26. The number of carbonyl (C=O) groups is 1. The van der Waals surface area contributed by atoms with E-state index in [4.69, 9.17) is 0 Å². The minimum atomic E-state index is -2.26. The first-order valence-electron chi connectivity index (χ1n) is 4.54. The average molecular weight is 210 g/mol. The lowest BCUT2D eigenvalue weighted by Crippen LogP contribution is -2.12. The molecule has 0 atom stereocenters. The molecule has 0 aliphatic rings. The highest BCUT2D eigenvalue weighted by Crippen LogP contribution is 2.35. The van der Waals surface area contributed by atoms with Crippen molar-refractivity contribution in [3.05, 3.63) is 29.8 Å². The molecular formula is C11H15O2P. The highest BCUT2D eigenvalue weighted by Gasteiger charge is 2.15. The van der Waals surface area contributed by atoms with E-state index in [0.29, 0.717) is 6.42 Å². The molecule has 0 amide bonds. The first-order valence-corrected chi connectivity index (χ1v) is 7.14. The van der Waals surface area contributed by atoms with E-state index >= 15 is 0 Å². The molecule has 1 aromatic carbocycles. The minimum Gasteiger partial charge on any atom is -0.319 e. The van der Waals surface area contributed by atoms with Crippen LogP contribution in [0.3, 0.4) is 0 Å². The topological polar surface area (TPSA) is 34.1 Å². The summed E-state index contributed by atoms with van der Waals surface area (Å²) in [4.78, 5) is 11.0. The molecule has 0 spiro atoms. The summed E-state index contributed by atoms with van der Waals surface area (Å²) < 4.78 is 11.9. The van der Waals surface area contributed by atoms with Gasteiger partial charge in [0.25, 0.3) is 0 Å². The fraction of sp³-hybridized carbons (Fsp3) is 0.364. The molecule has 0 aliphatic carbocycles. The predicted molar refractivity (Wildman–Crippen MR) is 59.9 cm³/mol. The maximum atomic E-state index is 11.9. The van der Waals surface area contributed by atoms with Gasteiger partial charge in [0.05, 0.1) is 0 Å². The van der Waals surface area contributed by atoms with Crippen LogP contribution in [0.1, 0.15) is 12.5 Å². The smallest absolute Gasteiger partial charge is 0.134 e. The van der Waals surface area contributed by atoms with Crippen molar-refractivity contribution in [2.75, 3.05) is 13.3 Å². The molecule has 0 fully saturated rings. The van der Waals surface area contributed by atoms with Crippen LogP contribution in [0.15, 0.2) is 24.3 Å². The fourth-order valence-electron chi connectivity index (χ4n) is 1.45. The van der Waals surface area contributed by atoms with Crippen molar-refractivity contribution in [2.24, 2.45) is 0 Å². The molecule has 0 aromatic heterocycles. The Labute approximate surface area is 84.7 Å². The number of benzene rings is 1. The third-order valence-corrected chi connectivity index (χ3v) is 3.61. The molecule has 0 unspecified atom stereocenters. The molecule has 0 saturated carbocycles. The van der Waals surface area contributed by atoms with E-state index < -0.39 is 7.14 Å². The standard InChI is InChI=1S/C11H15O2P/c1-9(12)8-10-6-4-5-7-11(10)14(2,3)13/h4-7H,8H2,1-3H3. The lowest BCUT2D eigenvalue weighted by molar-refractivity contribution is -0.116. The summed E-state index contributed by atoms with van der Waals surface area (Å²) in [5, 5.41) is 0.829. The second-order valence-corrected chi connectivity index (χ2v) is 7.04. The summed E-state index contributed by atoms with van der Waals surface area (Å²) in [6.45, 7) is 5.00. The summed E-state index contributed by atoms with van der Waals surface area (Å²) in [6.07, 6.45) is 0.377. The SMILES string of the molecule is CC(=O)Cc1ccccc1P(C)(C)=O. The molecule has 1 aromatic rings. The number of carbonyl (C=O) groups excluding carboxylic acids is 1. The van der Waals surface area contributed by atoms with Crippen molar-refractivity contribution in [1.29, 1.82) is 0 Å².